The summed E-state index contributed by atoms with van der Waals surface area (Å²) in [5.41, 5.74) is 2.19. The zero-order valence-electron chi connectivity index (χ0n) is 12.8. The summed E-state index contributed by atoms with van der Waals surface area (Å²) >= 11 is 0. The molecule has 0 amide bonds. The lowest BCUT2D eigenvalue weighted by atomic mass is 9.81. The minimum atomic E-state index is -0.940. The van der Waals surface area contributed by atoms with Gasteiger partial charge in [-0.05, 0) is 30.2 Å². The Balaban J connectivity index is 2.49. The Morgan fingerprint density at radius 1 is 1.04 bits per heavy atom. The summed E-state index contributed by atoms with van der Waals surface area (Å²) in [7, 11) is 0. The lowest BCUT2D eigenvalue weighted by molar-refractivity contribution is -0.146. The number of ether oxygens (including phenoxy) is 1. The monoisotopic (exact) mass is 304 g/mol. The average Bonchev–Trinajstić information content (AvgIpc) is 2.60. The van der Waals surface area contributed by atoms with Crippen molar-refractivity contribution in [3.63, 3.8) is 0 Å². The third-order valence-corrected chi connectivity index (χ3v) is 3.57. The predicted molar refractivity (Wildman–Crippen MR) is 85.2 cm³/mol. The Morgan fingerprint density at radius 2 is 1.65 bits per heavy atom. The van der Waals surface area contributed by atoms with Crippen molar-refractivity contribution < 1.29 is 9.53 Å². The molecule has 4 heteroatoms. The third kappa shape index (κ3) is 3.75. The Morgan fingerprint density at radius 3 is 2.17 bits per heavy atom. The molecule has 23 heavy (non-hydrogen) atoms. The summed E-state index contributed by atoms with van der Waals surface area (Å²) in [6, 6.07) is 20.4. The molecule has 2 aromatic carbocycles. The number of hydrogen-bond donors (Lipinski definition) is 0. The Hall–Kier alpha value is -3.11. The van der Waals surface area contributed by atoms with Gasteiger partial charge in [0.2, 0.25) is 0 Å². The highest BCUT2D eigenvalue weighted by atomic mass is 16.5. The summed E-state index contributed by atoms with van der Waals surface area (Å²) in [5.74, 6) is -1.91. The second kappa shape index (κ2) is 7.77. The fourth-order valence-corrected chi connectivity index (χ4v) is 2.50. The van der Waals surface area contributed by atoms with Crippen LogP contribution >= 0.6 is 0 Å². The molecular formula is C19H16N2O2. The molecule has 0 aliphatic rings. The van der Waals surface area contributed by atoms with E-state index in [9.17, 15) is 10.1 Å². The molecule has 0 aliphatic heterocycles. The maximum atomic E-state index is 12.2. The first-order chi connectivity index (χ1) is 11.2. The van der Waals surface area contributed by atoms with Crippen LogP contribution in [0.2, 0.25) is 0 Å². The SMILES string of the molecule is CCOC(=O)C(C#N)C(c1ccccc1)c1ccc(C#N)cc1. The van der Waals surface area contributed by atoms with Gasteiger partial charge in [-0.2, -0.15) is 10.5 Å². The first-order valence-corrected chi connectivity index (χ1v) is 7.32. The minimum absolute atomic E-state index is 0.228. The van der Waals surface area contributed by atoms with Gasteiger partial charge in [-0.25, -0.2) is 0 Å². The molecular weight excluding hydrogens is 288 g/mol. The largest absolute Gasteiger partial charge is 0.465 e. The van der Waals surface area contributed by atoms with Gasteiger partial charge in [0.05, 0.1) is 24.3 Å². The van der Waals surface area contributed by atoms with Crippen LogP contribution in [0.1, 0.15) is 29.5 Å². The molecule has 2 aromatic rings. The number of carbonyl (C=O) groups excluding carboxylic acids is 1. The van der Waals surface area contributed by atoms with E-state index in [-0.39, 0.29) is 6.61 Å². The first-order valence-electron chi connectivity index (χ1n) is 7.32. The normalized spacial score (nSPS) is 12.5. The van der Waals surface area contributed by atoms with Crippen molar-refractivity contribution in [1.29, 1.82) is 10.5 Å². The van der Waals surface area contributed by atoms with Gasteiger partial charge < -0.3 is 4.74 Å². The van der Waals surface area contributed by atoms with Crippen LogP contribution < -0.4 is 0 Å². The van der Waals surface area contributed by atoms with Crippen molar-refractivity contribution in [3.05, 3.63) is 71.3 Å². The highest BCUT2D eigenvalue weighted by molar-refractivity contribution is 5.77. The van der Waals surface area contributed by atoms with E-state index in [0.29, 0.717) is 5.56 Å². The fourth-order valence-electron chi connectivity index (χ4n) is 2.50. The number of esters is 1. The van der Waals surface area contributed by atoms with Crippen molar-refractivity contribution >= 4 is 5.97 Å². The smallest absolute Gasteiger partial charge is 0.324 e. The predicted octanol–water partition coefficient (Wildman–Crippen LogP) is 3.39. The van der Waals surface area contributed by atoms with Crippen LogP contribution in [0.4, 0.5) is 0 Å². The van der Waals surface area contributed by atoms with Gasteiger partial charge >= 0.3 is 5.97 Å². The van der Waals surface area contributed by atoms with Crippen molar-refractivity contribution in [2.24, 2.45) is 5.92 Å². The van der Waals surface area contributed by atoms with Crippen LogP contribution in [0.3, 0.4) is 0 Å². The van der Waals surface area contributed by atoms with Crippen LogP contribution in [0.25, 0.3) is 0 Å². The van der Waals surface area contributed by atoms with Crippen LogP contribution in [-0.2, 0) is 9.53 Å². The molecule has 0 heterocycles. The van der Waals surface area contributed by atoms with Gasteiger partial charge in [-0.15, -0.1) is 0 Å². The highest BCUT2D eigenvalue weighted by Gasteiger charge is 2.32. The van der Waals surface area contributed by atoms with E-state index >= 15 is 0 Å². The second-order valence-corrected chi connectivity index (χ2v) is 4.98. The van der Waals surface area contributed by atoms with Gasteiger partial charge in [0, 0.05) is 5.92 Å². The summed E-state index contributed by atoms with van der Waals surface area (Å²) < 4.78 is 5.05. The quantitative estimate of drug-likeness (QED) is 0.793. The Bertz CT molecular complexity index is 740. The summed E-state index contributed by atoms with van der Waals surface area (Å²) in [4.78, 5) is 12.2. The average molecular weight is 304 g/mol. The maximum absolute atomic E-state index is 12.2. The van der Waals surface area contributed by atoms with Crippen molar-refractivity contribution in [1.82, 2.24) is 0 Å². The molecule has 2 rings (SSSR count). The summed E-state index contributed by atoms with van der Waals surface area (Å²) in [5, 5.41) is 18.4. The van der Waals surface area contributed by atoms with E-state index in [1.54, 1.807) is 31.2 Å². The van der Waals surface area contributed by atoms with Gasteiger partial charge in [0.15, 0.2) is 5.92 Å². The van der Waals surface area contributed by atoms with Crippen LogP contribution in [0.5, 0.6) is 0 Å². The lowest BCUT2D eigenvalue weighted by Crippen LogP contribution is -2.24. The topological polar surface area (TPSA) is 73.9 Å². The molecule has 0 aromatic heterocycles. The van der Waals surface area contributed by atoms with Gasteiger partial charge in [0.1, 0.15) is 0 Å². The van der Waals surface area contributed by atoms with E-state index < -0.39 is 17.8 Å². The molecule has 2 unspecified atom stereocenters. The number of benzene rings is 2. The summed E-state index contributed by atoms with van der Waals surface area (Å²) in [6.07, 6.45) is 0. The molecule has 114 valence electrons. The van der Waals surface area contributed by atoms with Gasteiger partial charge in [-0.1, -0.05) is 42.5 Å². The summed E-state index contributed by atoms with van der Waals surface area (Å²) in [6.45, 7) is 1.94. The van der Waals surface area contributed by atoms with Crippen molar-refractivity contribution in [2.45, 2.75) is 12.8 Å². The van der Waals surface area contributed by atoms with Gasteiger partial charge in [-0.3, -0.25) is 4.79 Å². The fraction of sp³-hybridized carbons (Fsp3) is 0.211. The van der Waals surface area contributed by atoms with Crippen LogP contribution in [-0.4, -0.2) is 12.6 Å². The maximum Gasteiger partial charge on any atom is 0.324 e. The molecule has 0 spiro atoms. The molecule has 4 nitrogen and oxygen atoms in total. The van der Waals surface area contributed by atoms with Crippen molar-refractivity contribution in [2.75, 3.05) is 6.61 Å². The minimum Gasteiger partial charge on any atom is -0.465 e. The standard InChI is InChI=1S/C19H16N2O2/c1-2-23-19(22)17(13-21)18(15-6-4-3-5-7-15)16-10-8-14(12-20)9-11-16/h3-11,17-18H,2H2,1H3. The molecule has 0 bridgehead atoms. The number of nitrogens with zero attached hydrogens (tertiary/aromatic N) is 2. The van der Waals surface area contributed by atoms with Crippen molar-refractivity contribution in [3.8, 4) is 12.1 Å². The lowest BCUT2D eigenvalue weighted by Gasteiger charge is -2.22. The number of hydrogen-bond acceptors (Lipinski definition) is 4. The third-order valence-electron chi connectivity index (χ3n) is 3.57. The first kappa shape index (κ1) is 16.3. The number of nitriles is 2. The van der Waals surface area contributed by atoms with E-state index in [1.165, 1.54) is 0 Å². The zero-order chi connectivity index (χ0) is 16.7. The van der Waals surface area contributed by atoms with Crippen LogP contribution in [0, 0.1) is 28.6 Å². The van der Waals surface area contributed by atoms with E-state index in [1.807, 2.05) is 30.3 Å². The van der Waals surface area contributed by atoms with E-state index in [2.05, 4.69) is 12.1 Å². The highest BCUT2D eigenvalue weighted by Crippen LogP contribution is 2.33. The zero-order valence-corrected chi connectivity index (χ0v) is 12.8. The Kier molecular flexibility index (Phi) is 5.50. The number of rotatable bonds is 5. The van der Waals surface area contributed by atoms with Crippen LogP contribution in [0.15, 0.2) is 54.6 Å². The Labute approximate surface area is 135 Å². The van der Waals surface area contributed by atoms with E-state index in [0.717, 1.165) is 11.1 Å². The van der Waals surface area contributed by atoms with Gasteiger partial charge in [0.25, 0.3) is 0 Å². The molecule has 0 fully saturated rings. The molecule has 0 saturated carbocycles. The second-order valence-electron chi connectivity index (χ2n) is 4.98. The number of carbonyl (C=O) groups is 1. The molecule has 0 aliphatic carbocycles. The van der Waals surface area contributed by atoms with E-state index in [4.69, 9.17) is 10.00 Å². The molecule has 0 saturated heterocycles. The molecule has 0 N–H and O–H groups in total. The molecule has 2 atom stereocenters. The molecule has 0 radical (unpaired) electrons.